The normalized spacial score (nSPS) is 19.0. The highest BCUT2D eigenvalue weighted by Crippen LogP contribution is 2.37. The van der Waals surface area contributed by atoms with Gasteiger partial charge in [-0.2, -0.15) is 0 Å². The zero-order valence-electron chi connectivity index (χ0n) is 20.4. The predicted molar refractivity (Wildman–Crippen MR) is 124 cm³/mol. The number of piperidine rings is 1. The maximum Gasteiger partial charge on any atom is 0.410 e. The number of esters is 1. The summed E-state index contributed by atoms with van der Waals surface area (Å²) in [6, 6.07) is 9.40. The van der Waals surface area contributed by atoms with E-state index in [-0.39, 0.29) is 18.1 Å². The van der Waals surface area contributed by atoms with Gasteiger partial charge in [0.1, 0.15) is 5.60 Å². The number of hydrogen-bond acceptors (Lipinski definition) is 6. The Bertz CT molecular complexity index is 749. The van der Waals surface area contributed by atoms with Gasteiger partial charge in [0.05, 0.1) is 17.6 Å². The van der Waals surface area contributed by atoms with Gasteiger partial charge in [-0.3, -0.25) is 4.79 Å². The number of nitrogens with zero attached hydrogens (tertiary/aromatic N) is 1. The van der Waals surface area contributed by atoms with E-state index in [1.54, 1.807) is 18.7 Å². The lowest BCUT2D eigenvalue weighted by molar-refractivity contribution is -0.160. The molecule has 0 aliphatic carbocycles. The number of rotatable bonds is 8. The van der Waals surface area contributed by atoms with Crippen LogP contribution in [0.4, 0.5) is 4.79 Å². The standard InChI is InChI=1S/C25H40N2O5/c1-7-31-21(28)25(14-17-27(18-15-25)22(29)32-23(3,4)5)19(2)26-16-13-24(6,30)20-11-9-8-10-12-20/h8-12,19,26,30H,7,13-18H2,1-6H3/t19-,24+/m1/s1. The van der Waals surface area contributed by atoms with Crippen LogP contribution < -0.4 is 5.32 Å². The minimum Gasteiger partial charge on any atom is -0.466 e. The monoisotopic (exact) mass is 448 g/mol. The maximum atomic E-state index is 13.0. The second-order valence-electron chi connectivity index (χ2n) is 9.91. The Morgan fingerprint density at radius 1 is 1.16 bits per heavy atom. The van der Waals surface area contributed by atoms with E-state index in [2.05, 4.69) is 5.32 Å². The van der Waals surface area contributed by atoms with Crippen molar-refractivity contribution in [1.29, 1.82) is 0 Å². The average Bonchev–Trinajstić information content (AvgIpc) is 2.73. The summed E-state index contributed by atoms with van der Waals surface area (Å²) in [6.07, 6.45) is 1.14. The molecule has 0 spiro atoms. The number of amides is 1. The number of ether oxygens (including phenoxy) is 2. The third-order valence-electron chi connectivity index (χ3n) is 6.28. The van der Waals surface area contributed by atoms with Crippen molar-refractivity contribution < 1.29 is 24.2 Å². The summed E-state index contributed by atoms with van der Waals surface area (Å²) >= 11 is 0. The molecule has 1 aliphatic rings. The maximum absolute atomic E-state index is 13.0. The highest BCUT2D eigenvalue weighted by Gasteiger charge is 2.48. The molecular weight excluding hydrogens is 408 g/mol. The van der Waals surface area contributed by atoms with Crippen molar-refractivity contribution in [3.63, 3.8) is 0 Å². The minimum atomic E-state index is -0.967. The molecule has 1 aliphatic heterocycles. The van der Waals surface area contributed by atoms with Gasteiger partial charge < -0.3 is 24.8 Å². The van der Waals surface area contributed by atoms with E-state index in [1.807, 2.05) is 58.0 Å². The van der Waals surface area contributed by atoms with E-state index in [0.717, 1.165) is 5.56 Å². The second kappa shape index (κ2) is 10.7. The van der Waals surface area contributed by atoms with Crippen LogP contribution in [0.25, 0.3) is 0 Å². The molecule has 0 aromatic heterocycles. The van der Waals surface area contributed by atoms with Crippen molar-refractivity contribution in [2.45, 2.75) is 78.0 Å². The molecule has 7 nitrogen and oxygen atoms in total. The van der Waals surface area contributed by atoms with Crippen molar-refractivity contribution in [2.24, 2.45) is 5.41 Å². The Kier molecular flexibility index (Phi) is 8.71. The summed E-state index contributed by atoms with van der Waals surface area (Å²) in [4.78, 5) is 27.1. The van der Waals surface area contributed by atoms with Gasteiger partial charge in [-0.15, -0.1) is 0 Å². The van der Waals surface area contributed by atoms with E-state index >= 15 is 0 Å². The number of carbonyl (C=O) groups excluding carboxylic acids is 2. The molecule has 1 aromatic carbocycles. The van der Waals surface area contributed by atoms with Crippen LogP contribution in [0.5, 0.6) is 0 Å². The lowest BCUT2D eigenvalue weighted by atomic mass is 9.72. The third kappa shape index (κ3) is 6.69. The summed E-state index contributed by atoms with van der Waals surface area (Å²) in [5.41, 5.74) is -1.39. The molecular formula is C25H40N2O5. The quantitative estimate of drug-likeness (QED) is 0.588. The van der Waals surface area contributed by atoms with Crippen LogP contribution in [-0.4, -0.2) is 60.0 Å². The molecule has 2 atom stereocenters. The zero-order chi connectivity index (χ0) is 24.0. The van der Waals surface area contributed by atoms with Crippen molar-refractivity contribution in [1.82, 2.24) is 10.2 Å². The number of likely N-dealkylation sites (tertiary alicyclic amines) is 1. The Hall–Kier alpha value is -2.12. The first-order valence-corrected chi connectivity index (χ1v) is 11.6. The minimum absolute atomic E-state index is 0.172. The van der Waals surface area contributed by atoms with E-state index in [1.165, 1.54) is 0 Å². The third-order valence-corrected chi connectivity index (χ3v) is 6.28. The van der Waals surface area contributed by atoms with Crippen LogP contribution >= 0.6 is 0 Å². The van der Waals surface area contributed by atoms with Gasteiger partial charge in [0, 0.05) is 19.1 Å². The van der Waals surface area contributed by atoms with E-state index in [4.69, 9.17) is 9.47 Å². The lowest BCUT2D eigenvalue weighted by Crippen LogP contribution is -2.56. The fourth-order valence-corrected chi connectivity index (χ4v) is 4.17. The number of carbonyl (C=O) groups is 2. The summed E-state index contributed by atoms with van der Waals surface area (Å²) in [5, 5.41) is 14.3. The highest BCUT2D eigenvalue weighted by atomic mass is 16.6. The Morgan fingerprint density at radius 3 is 2.28 bits per heavy atom. The Balaban J connectivity index is 2.02. The van der Waals surface area contributed by atoms with Crippen molar-refractivity contribution in [3.8, 4) is 0 Å². The van der Waals surface area contributed by atoms with Gasteiger partial charge >= 0.3 is 12.1 Å². The molecule has 0 saturated carbocycles. The van der Waals surface area contributed by atoms with Crippen LogP contribution in [0, 0.1) is 5.41 Å². The van der Waals surface area contributed by atoms with Crippen LogP contribution in [0.3, 0.4) is 0 Å². The first-order chi connectivity index (χ1) is 14.9. The number of benzene rings is 1. The Morgan fingerprint density at radius 2 is 1.75 bits per heavy atom. The van der Waals surface area contributed by atoms with Crippen LogP contribution in [-0.2, 0) is 19.9 Å². The van der Waals surface area contributed by atoms with E-state index in [0.29, 0.717) is 45.5 Å². The summed E-state index contributed by atoms with van der Waals surface area (Å²) in [6.45, 7) is 12.8. The fourth-order valence-electron chi connectivity index (χ4n) is 4.17. The molecule has 180 valence electrons. The zero-order valence-corrected chi connectivity index (χ0v) is 20.4. The molecule has 32 heavy (non-hydrogen) atoms. The van der Waals surface area contributed by atoms with Crippen molar-refractivity contribution in [3.05, 3.63) is 35.9 Å². The van der Waals surface area contributed by atoms with Crippen molar-refractivity contribution >= 4 is 12.1 Å². The van der Waals surface area contributed by atoms with Gasteiger partial charge in [-0.05, 0) is 72.9 Å². The summed E-state index contributed by atoms with van der Waals surface area (Å²) in [7, 11) is 0. The summed E-state index contributed by atoms with van der Waals surface area (Å²) in [5.74, 6) is -0.237. The van der Waals surface area contributed by atoms with Crippen LogP contribution in [0.2, 0.25) is 0 Å². The summed E-state index contributed by atoms with van der Waals surface area (Å²) < 4.78 is 10.9. The molecule has 1 saturated heterocycles. The van der Waals surface area contributed by atoms with Gasteiger partial charge in [-0.25, -0.2) is 4.79 Å². The van der Waals surface area contributed by atoms with Crippen LogP contribution in [0.15, 0.2) is 30.3 Å². The second-order valence-corrected chi connectivity index (χ2v) is 9.91. The van der Waals surface area contributed by atoms with Crippen molar-refractivity contribution in [2.75, 3.05) is 26.2 Å². The molecule has 1 fully saturated rings. The van der Waals surface area contributed by atoms with E-state index < -0.39 is 16.6 Å². The number of hydrogen-bond donors (Lipinski definition) is 2. The molecule has 1 amide bonds. The van der Waals surface area contributed by atoms with E-state index in [9.17, 15) is 14.7 Å². The molecule has 0 bridgehead atoms. The largest absolute Gasteiger partial charge is 0.466 e. The molecule has 1 aromatic rings. The van der Waals surface area contributed by atoms with Crippen LogP contribution in [0.1, 0.15) is 66.4 Å². The smallest absolute Gasteiger partial charge is 0.410 e. The topological polar surface area (TPSA) is 88.1 Å². The Labute approximate surface area is 192 Å². The molecule has 1 heterocycles. The number of nitrogens with one attached hydrogen (secondary N) is 1. The van der Waals surface area contributed by atoms with Gasteiger partial charge in [0.2, 0.25) is 0 Å². The first-order valence-electron chi connectivity index (χ1n) is 11.6. The lowest BCUT2D eigenvalue weighted by Gasteiger charge is -2.44. The first kappa shape index (κ1) is 26.1. The highest BCUT2D eigenvalue weighted by molar-refractivity contribution is 5.78. The predicted octanol–water partition coefficient (Wildman–Crippen LogP) is 3.84. The fraction of sp³-hybridized carbons (Fsp3) is 0.680. The van der Waals surface area contributed by atoms with Gasteiger partial charge in [0.25, 0.3) is 0 Å². The molecule has 2 rings (SSSR count). The molecule has 2 N–H and O–H groups in total. The van der Waals surface area contributed by atoms with Gasteiger partial charge in [0.15, 0.2) is 0 Å². The average molecular weight is 449 g/mol. The SMILES string of the molecule is CCOC(=O)C1([C@@H](C)NCC[C@](C)(O)c2ccccc2)CCN(C(=O)OC(C)(C)C)CC1. The molecule has 0 radical (unpaired) electrons. The molecule has 0 unspecified atom stereocenters. The van der Waals surface area contributed by atoms with Gasteiger partial charge in [-0.1, -0.05) is 30.3 Å². The number of aliphatic hydroxyl groups is 1. The molecule has 7 heteroatoms.